The molecular formula is C11H14BrN3O2. The Labute approximate surface area is 108 Å². The van der Waals surface area contributed by atoms with Crippen LogP contribution in [-0.4, -0.2) is 15.4 Å². The average Bonchev–Trinajstić information content (AvgIpc) is 2.25. The summed E-state index contributed by atoms with van der Waals surface area (Å²) in [6, 6.07) is 1.48. The van der Waals surface area contributed by atoms with E-state index in [1.54, 1.807) is 6.20 Å². The van der Waals surface area contributed by atoms with Crippen molar-refractivity contribution in [1.29, 1.82) is 0 Å². The molecule has 1 aliphatic rings. The lowest BCUT2D eigenvalue weighted by molar-refractivity contribution is -0.384. The Morgan fingerprint density at radius 2 is 2.35 bits per heavy atom. The number of rotatable bonds is 4. The van der Waals surface area contributed by atoms with Gasteiger partial charge in [0.15, 0.2) is 0 Å². The van der Waals surface area contributed by atoms with Crippen LogP contribution in [0.1, 0.15) is 32.6 Å². The smallest absolute Gasteiger partial charge is 0.312 e. The molecule has 1 saturated carbocycles. The van der Waals surface area contributed by atoms with E-state index in [1.807, 2.05) is 0 Å². The fourth-order valence-electron chi connectivity index (χ4n) is 2.09. The molecule has 0 spiro atoms. The second-order valence-electron chi connectivity index (χ2n) is 4.39. The number of hydrogen-bond acceptors (Lipinski definition) is 4. The van der Waals surface area contributed by atoms with Gasteiger partial charge >= 0.3 is 5.69 Å². The minimum absolute atomic E-state index is 0.00555. The maximum Gasteiger partial charge on any atom is 0.312 e. The van der Waals surface area contributed by atoms with Gasteiger partial charge in [-0.25, -0.2) is 4.98 Å². The van der Waals surface area contributed by atoms with Crippen molar-refractivity contribution in [2.24, 2.45) is 0 Å². The van der Waals surface area contributed by atoms with Gasteiger partial charge in [0, 0.05) is 22.3 Å². The first kappa shape index (κ1) is 12.3. The summed E-state index contributed by atoms with van der Waals surface area (Å²) in [5, 5.41) is 14.2. The molecule has 1 aliphatic carbocycles. The first-order valence-corrected chi connectivity index (χ1v) is 6.44. The zero-order chi connectivity index (χ0) is 12.5. The summed E-state index contributed by atoms with van der Waals surface area (Å²) in [7, 11) is 0. The quantitative estimate of drug-likeness (QED) is 0.682. The summed E-state index contributed by atoms with van der Waals surface area (Å²) in [6.07, 6.45) is 5.82. The van der Waals surface area contributed by atoms with Crippen molar-refractivity contribution in [1.82, 2.24) is 4.98 Å². The van der Waals surface area contributed by atoms with E-state index in [0.717, 1.165) is 19.3 Å². The second-order valence-corrected chi connectivity index (χ2v) is 5.31. The number of anilines is 1. The molecular weight excluding hydrogens is 286 g/mol. The summed E-state index contributed by atoms with van der Waals surface area (Å²) in [5.74, 6) is 0.375. The molecule has 17 heavy (non-hydrogen) atoms. The third-order valence-electron chi connectivity index (χ3n) is 3.40. The predicted molar refractivity (Wildman–Crippen MR) is 69.1 cm³/mol. The molecule has 0 amide bonds. The molecule has 0 bridgehead atoms. The Morgan fingerprint density at radius 1 is 1.65 bits per heavy atom. The average molecular weight is 300 g/mol. The summed E-state index contributed by atoms with van der Waals surface area (Å²) >= 11 is 3.20. The van der Waals surface area contributed by atoms with Gasteiger partial charge in [0.1, 0.15) is 0 Å². The highest BCUT2D eigenvalue weighted by Gasteiger charge is 2.36. The van der Waals surface area contributed by atoms with Crippen LogP contribution in [0.15, 0.2) is 16.7 Å². The minimum atomic E-state index is -0.401. The zero-order valence-corrected chi connectivity index (χ0v) is 11.2. The molecule has 1 fully saturated rings. The Balaban J connectivity index is 2.29. The lowest BCUT2D eigenvalue weighted by Gasteiger charge is -2.42. The van der Waals surface area contributed by atoms with Gasteiger partial charge in [-0.15, -0.1) is 0 Å². The highest BCUT2D eigenvalue weighted by molar-refractivity contribution is 9.10. The molecule has 0 aliphatic heterocycles. The standard InChI is InChI=1S/C11H14BrN3O2/c1-2-11(4-3-5-11)14-10-9(15(16)17)6-8(12)7-13-10/h6-7H,2-5H2,1H3,(H,13,14). The lowest BCUT2D eigenvalue weighted by Crippen LogP contribution is -2.44. The minimum Gasteiger partial charge on any atom is -0.359 e. The largest absolute Gasteiger partial charge is 0.359 e. The summed E-state index contributed by atoms with van der Waals surface area (Å²) in [6.45, 7) is 2.09. The normalized spacial score (nSPS) is 17.3. The SMILES string of the molecule is CCC1(Nc2ncc(Br)cc2[N+](=O)[O-])CCC1. The van der Waals surface area contributed by atoms with Crippen molar-refractivity contribution >= 4 is 27.4 Å². The van der Waals surface area contributed by atoms with E-state index >= 15 is 0 Å². The van der Waals surface area contributed by atoms with Crippen molar-refractivity contribution in [3.05, 3.63) is 26.9 Å². The molecule has 6 heteroatoms. The molecule has 5 nitrogen and oxygen atoms in total. The van der Waals surface area contributed by atoms with E-state index in [2.05, 4.69) is 33.2 Å². The number of hydrogen-bond donors (Lipinski definition) is 1. The van der Waals surface area contributed by atoms with Crippen LogP contribution in [0.3, 0.4) is 0 Å². The van der Waals surface area contributed by atoms with E-state index in [-0.39, 0.29) is 11.2 Å². The molecule has 1 aromatic heterocycles. The Morgan fingerprint density at radius 3 is 2.82 bits per heavy atom. The van der Waals surface area contributed by atoms with Crippen molar-refractivity contribution in [2.75, 3.05) is 5.32 Å². The number of nitrogens with zero attached hydrogens (tertiary/aromatic N) is 2. The van der Waals surface area contributed by atoms with Crippen LogP contribution in [0.5, 0.6) is 0 Å². The van der Waals surface area contributed by atoms with E-state index < -0.39 is 4.92 Å². The van der Waals surface area contributed by atoms with E-state index in [4.69, 9.17) is 0 Å². The fraction of sp³-hybridized carbons (Fsp3) is 0.545. The first-order chi connectivity index (χ1) is 8.06. The first-order valence-electron chi connectivity index (χ1n) is 5.64. The van der Waals surface area contributed by atoms with Crippen LogP contribution in [0, 0.1) is 10.1 Å². The van der Waals surface area contributed by atoms with E-state index in [1.165, 1.54) is 12.5 Å². The predicted octanol–water partition coefficient (Wildman–Crippen LogP) is 3.50. The fourth-order valence-corrected chi connectivity index (χ4v) is 2.40. The van der Waals surface area contributed by atoms with Gasteiger partial charge < -0.3 is 5.32 Å². The van der Waals surface area contributed by atoms with Gasteiger partial charge in [-0.1, -0.05) is 6.92 Å². The molecule has 1 N–H and O–H groups in total. The molecule has 0 radical (unpaired) electrons. The van der Waals surface area contributed by atoms with Gasteiger partial charge in [-0.05, 0) is 41.6 Å². The second kappa shape index (κ2) is 4.60. The van der Waals surface area contributed by atoms with Gasteiger partial charge in [0.2, 0.25) is 5.82 Å². The zero-order valence-electron chi connectivity index (χ0n) is 9.57. The van der Waals surface area contributed by atoms with Crippen LogP contribution in [0.2, 0.25) is 0 Å². The van der Waals surface area contributed by atoms with Gasteiger partial charge in [0.25, 0.3) is 0 Å². The van der Waals surface area contributed by atoms with Gasteiger partial charge in [0.05, 0.1) is 4.92 Å². The third-order valence-corrected chi connectivity index (χ3v) is 3.84. The van der Waals surface area contributed by atoms with Crippen LogP contribution in [0.4, 0.5) is 11.5 Å². The third kappa shape index (κ3) is 2.41. The summed E-state index contributed by atoms with van der Waals surface area (Å²) in [4.78, 5) is 14.7. The summed E-state index contributed by atoms with van der Waals surface area (Å²) in [5.41, 5.74) is 0.0325. The van der Waals surface area contributed by atoms with Crippen LogP contribution in [0.25, 0.3) is 0 Å². The van der Waals surface area contributed by atoms with E-state index in [0.29, 0.717) is 10.3 Å². The number of nitrogens with one attached hydrogen (secondary N) is 1. The number of halogens is 1. The summed E-state index contributed by atoms with van der Waals surface area (Å²) < 4.78 is 0.619. The molecule has 2 rings (SSSR count). The highest BCUT2D eigenvalue weighted by atomic mass is 79.9. The maximum absolute atomic E-state index is 11.0. The van der Waals surface area contributed by atoms with Gasteiger partial charge in [-0.3, -0.25) is 10.1 Å². The van der Waals surface area contributed by atoms with Crippen LogP contribution >= 0.6 is 15.9 Å². The maximum atomic E-state index is 11.0. The van der Waals surface area contributed by atoms with Crippen LogP contribution < -0.4 is 5.32 Å². The number of pyridine rings is 1. The molecule has 0 unspecified atom stereocenters. The number of nitro groups is 1. The molecule has 1 heterocycles. The van der Waals surface area contributed by atoms with Crippen molar-refractivity contribution < 1.29 is 4.92 Å². The molecule has 0 saturated heterocycles. The Bertz CT molecular complexity index is 441. The highest BCUT2D eigenvalue weighted by Crippen LogP contribution is 2.39. The van der Waals surface area contributed by atoms with Crippen molar-refractivity contribution in [3.8, 4) is 0 Å². The number of aromatic nitrogens is 1. The Hall–Kier alpha value is -1.17. The lowest BCUT2D eigenvalue weighted by atomic mass is 9.75. The molecule has 0 atom stereocenters. The van der Waals surface area contributed by atoms with Crippen LogP contribution in [-0.2, 0) is 0 Å². The van der Waals surface area contributed by atoms with Crippen molar-refractivity contribution in [3.63, 3.8) is 0 Å². The molecule has 92 valence electrons. The molecule has 0 aromatic carbocycles. The van der Waals surface area contributed by atoms with Gasteiger partial charge in [-0.2, -0.15) is 0 Å². The van der Waals surface area contributed by atoms with E-state index in [9.17, 15) is 10.1 Å². The Kier molecular flexibility index (Phi) is 3.33. The molecule has 1 aromatic rings. The monoisotopic (exact) mass is 299 g/mol. The topological polar surface area (TPSA) is 68.1 Å². The van der Waals surface area contributed by atoms with Crippen molar-refractivity contribution in [2.45, 2.75) is 38.1 Å².